The van der Waals surface area contributed by atoms with Gasteiger partial charge >= 0.3 is 0 Å². The molecule has 0 bridgehead atoms. The third-order valence-corrected chi connectivity index (χ3v) is 28.6. The van der Waals surface area contributed by atoms with Crippen LogP contribution >= 0.6 is 56.7 Å². The van der Waals surface area contributed by atoms with Gasteiger partial charge in [-0.25, -0.2) is 0 Å². The van der Waals surface area contributed by atoms with Gasteiger partial charge in [0.15, 0.2) is 0 Å². The monoisotopic (exact) mass is 2830 g/mol. The summed E-state index contributed by atoms with van der Waals surface area (Å²) in [4.78, 5) is 46.0. The van der Waals surface area contributed by atoms with Gasteiger partial charge in [0.05, 0.1) is 59.8 Å². The number of hydrogen-bond acceptors (Lipinski definition) is 15. The van der Waals surface area contributed by atoms with Crippen LogP contribution in [-0.2, 0) is 101 Å². The Morgan fingerprint density at radius 1 is 0.241 bits per heavy atom. The van der Waals surface area contributed by atoms with E-state index in [0.717, 1.165) is 131 Å². The molecule has 141 heavy (non-hydrogen) atoms. The summed E-state index contributed by atoms with van der Waals surface area (Å²) in [5.41, 5.74) is 34.3. The van der Waals surface area contributed by atoms with E-state index in [1.165, 1.54) is 114 Å². The molecule has 0 amide bonds. The zero-order valence-electron chi connectivity index (χ0n) is 80.3. The van der Waals surface area contributed by atoms with Crippen LogP contribution in [-0.4, -0.2) is 72.7 Å². The number of aromatic nitrogens is 15. The second-order valence-corrected chi connectivity index (χ2v) is 40.8. The second kappa shape index (κ2) is 46.3. The third kappa shape index (κ3) is 22.7. The number of benzene rings is 13. The molecule has 23 aromatic rings. The van der Waals surface area contributed by atoms with Crippen molar-refractivity contribution in [1.29, 1.82) is 0 Å². The smallest absolute Gasteiger partial charge is 0.0779 e. The van der Waals surface area contributed by atoms with E-state index in [-0.39, 0.29) is 101 Å². The van der Waals surface area contributed by atoms with E-state index in [0.29, 0.717) is 11.8 Å². The Balaban J connectivity index is 0.000000140. The second-order valence-electron chi connectivity index (χ2n) is 34.6. The zero-order chi connectivity index (χ0) is 94.1. The van der Waals surface area contributed by atoms with Crippen molar-refractivity contribution < 1.29 is 101 Å². The number of imidazole rings is 5. The van der Waals surface area contributed by atoms with Crippen LogP contribution in [0.1, 0.15) is 115 Å². The van der Waals surface area contributed by atoms with Gasteiger partial charge in [-0.2, -0.15) is 0 Å². The van der Waals surface area contributed by atoms with Gasteiger partial charge in [-0.15, -0.1) is 175 Å². The molecule has 5 radical (unpaired) electrons. The fourth-order valence-corrected chi connectivity index (χ4v) is 22.4. The van der Waals surface area contributed by atoms with E-state index < -0.39 is 0 Å². The standard InChI is InChI=1S/C29H20N3S.C25H20N3S.C23H24N3S.C20H18N3S.C19H16N3S.5Ir/c1-20-31-26-16-15-23(19-27(26)33-20)29-30-17-18-32(29)28-24(21-9-4-2-5-10-21)13-8-14-25(28)22-11-6-3-7-12-22;1-16-13-21(19-7-5-4-6-8-19)14-17(2)24(16)28-12-11-26-25(28)20-9-10-22-23(15-20)29-18(3)27-22;1-14(2)18-7-6-8-19(15(3)4)22(18)26-12-11-24-23(26)17-9-10-20-21(13-17)27-16(5)25-20;1-12-9-13(2)19(14(3)10-12)23-8-7-21-20(23)16-5-6-17-18(11-16)24-15(4)22-17;1-12-5-4-6-13(2)18(12)22-10-9-20-19(22)15-7-8-16-17(11-15)23-14(3)21-16;;;;;/h2-14,16-19H,1H3;4-8,10-15H,1-3H3;6-8,10-15H,1-5H3;6-11H,1-4H3;4-6,8-11H,1-3H3;;;;;/q5*-1;;;;;. The Morgan fingerprint density at radius 2 is 0.489 bits per heavy atom. The molecule has 0 saturated heterocycles. The summed E-state index contributed by atoms with van der Waals surface area (Å²) in [6.07, 6.45) is 19.5. The molecule has 0 fully saturated rings. The molecule has 0 saturated carbocycles. The van der Waals surface area contributed by atoms with Gasteiger partial charge in [0, 0.05) is 196 Å². The molecule has 717 valence electrons. The summed E-state index contributed by atoms with van der Waals surface area (Å²) in [5, 5.41) is 5.34. The summed E-state index contributed by atoms with van der Waals surface area (Å²) < 4.78 is 16.7. The van der Waals surface area contributed by atoms with Crippen LogP contribution in [0.5, 0.6) is 0 Å². The number of fused-ring (bicyclic) bond motifs is 5. The molecule has 15 nitrogen and oxygen atoms in total. The molecule has 25 heteroatoms. The van der Waals surface area contributed by atoms with Gasteiger partial charge in [-0.05, 0) is 225 Å². The molecule has 23 rings (SSSR count). The molecule has 0 aliphatic rings. The normalized spacial score (nSPS) is 11.0. The van der Waals surface area contributed by atoms with Crippen LogP contribution in [0.25, 0.3) is 170 Å². The van der Waals surface area contributed by atoms with Gasteiger partial charge in [0.2, 0.25) is 0 Å². The average Bonchev–Trinajstić information content (AvgIpc) is 1.69. The third-order valence-electron chi connectivity index (χ3n) is 24.0. The Morgan fingerprint density at radius 3 is 0.780 bits per heavy atom. The van der Waals surface area contributed by atoms with E-state index in [9.17, 15) is 0 Å². The van der Waals surface area contributed by atoms with Gasteiger partial charge in [-0.3, -0.25) is 49.8 Å². The van der Waals surface area contributed by atoms with Crippen LogP contribution < -0.4 is 0 Å². The Labute approximate surface area is 910 Å². The van der Waals surface area contributed by atoms with Gasteiger partial charge in [-0.1, -0.05) is 191 Å². The first-order chi connectivity index (χ1) is 66.0. The van der Waals surface area contributed by atoms with Crippen LogP contribution in [0.4, 0.5) is 0 Å². The molecular formula is C116H98Ir5N15S5-5. The van der Waals surface area contributed by atoms with E-state index >= 15 is 0 Å². The molecule has 0 aliphatic heterocycles. The molecule has 13 aromatic carbocycles. The number of rotatable bonds is 15. The quantitative estimate of drug-likeness (QED) is 0.0906. The molecule has 0 atom stereocenters. The molecule has 0 unspecified atom stereocenters. The molecule has 10 aromatic heterocycles. The van der Waals surface area contributed by atoms with Crippen LogP contribution in [0, 0.1) is 113 Å². The van der Waals surface area contributed by atoms with Crippen molar-refractivity contribution >= 4 is 108 Å². The van der Waals surface area contributed by atoms with Crippen molar-refractivity contribution in [3.63, 3.8) is 0 Å². The summed E-state index contributed by atoms with van der Waals surface area (Å²) >= 11 is 8.52. The SMILES string of the molecule is Cc1cc(C)c(-n2ccnc2-c2[c-]cc3nc(C)sc3c2)c(C)c1.Cc1nc2c[c-]c(-c3nccn3-c3c(-c4ccccc4)cccc3-c3ccccc3)cc2s1.Cc1nc2c[c-]c(-c3nccn3-c3c(C(C)C)cccc3C(C)C)cc2s1.Cc1nc2c[c-]c(-c3nccn3-c3c(C)cc(-c4ccccc4)cc3C)cc2s1.Cc1nc2c[c-]c(-c3nccn3-c3c(C)cccc3C)cc2s1.[Ir].[Ir].[Ir].[Ir].[Ir]. The minimum Gasteiger partial charge on any atom is -0.340 e. The minimum absolute atomic E-state index is 0. The van der Waals surface area contributed by atoms with Crippen LogP contribution in [0.15, 0.2) is 292 Å². The van der Waals surface area contributed by atoms with Crippen molar-refractivity contribution in [3.05, 3.63) is 398 Å². The molecular weight excluding hydrogens is 2720 g/mol. The predicted molar refractivity (Wildman–Crippen MR) is 566 cm³/mol. The maximum absolute atomic E-state index is 4.76. The first kappa shape index (κ1) is 105. The fraction of sp³-hybridized carbons (Fsp3) is 0.155. The number of thiazole rings is 5. The first-order valence-electron chi connectivity index (χ1n) is 45.3. The molecule has 0 spiro atoms. The van der Waals surface area contributed by atoms with Crippen LogP contribution in [0.2, 0.25) is 0 Å². The molecule has 10 heterocycles. The van der Waals surface area contributed by atoms with Gasteiger partial charge < -0.3 is 22.8 Å². The summed E-state index contributed by atoms with van der Waals surface area (Å²) in [6, 6.07) is 97.4. The zero-order valence-corrected chi connectivity index (χ0v) is 96.3. The summed E-state index contributed by atoms with van der Waals surface area (Å²) in [6.45, 7) is 34.2. The number of para-hydroxylation sites is 3. The van der Waals surface area contributed by atoms with E-state index in [4.69, 9.17) is 9.97 Å². The Bertz CT molecular complexity index is 8170. The maximum Gasteiger partial charge on any atom is 0.0779 e. The number of nitrogens with zero attached hydrogens (tertiary/aromatic N) is 15. The summed E-state index contributed by atoms with van der Waals surface area (Å²) in [5.74, 6) is 5.39. The average molecular weight is 2820 g/mol. The van der Waals surface area contributed by atoms with Gasteiger partial charge in [0.1, 0.15) is 0 Å². The van der Waals surface area contributed by atoms with Crippen molar-refractivity contribution in [2.24, 2.45) is 0 Å². The van der Waals surface area contributed by atoms with E-state index in [1.807, 2.05) is 139 Å². The van der Waals surface area contributed by atoms with Crippen LogP contribution in [0.3, 0.4) is 0 Å². The van der Waals surface area contributed by atoms with Crippen molar-refractivity contribution in [2.45, 2.75) is 123 Å². The maximum atomic E-state index is 4.76. The Kier molecular flexibility index (Phi) is 34.6. The number of hydrogen-bond donors (Lipinski definition) is 0. The molecule has 0 aliphatic carbocycles. The van der Waals surface area contributed by atoms with E-state index in [1.54, 1.807) is 56.7 Å². The minimum atomic E-state index is 0. The van der Waals surface area contributed by atoms with Gasteiger partial charge in [0.25, 0.3) is 0 Å². The van der Waals surface area contributed by atoms with Crippen molar-refractivity contribution in [3.8, 4) is 119 Å². The Hall–Kier alpha value is -11.4. The predicted octanol–water partition coefficient (Wildman–Crippen LogP) is 30.7. The number of aryl methyl sites for hydroxylation is 12. The molecule has 0 N–H and O–H groups in total. The first-order valence-corrected chi connectivity index (χ1v) is 49.4. The van der Waals surface area contributed by atoms with E-state index in [2.05, 4.69) is 357 Å². The van der Waals surface area contributed by atoms with Crippen molar-refractivity contribution in [1.82, 2.24) is 72.7 Å². The summed E-state index contributed by atoms with van der Waals surface area (Å²) in [7, 11) is 0. The van der Waals surface area contributed by atoms with Crippen molar-refractivity contribution in [2.75, 3.05) is 0 Å². The largest absolute Gasteiger partial charge is 0.340 e. The fourth-order valence-electron chi connectivity index (χ4n) is 18.1. The topological polar surface area (TPSA) is 154 Å².